The second-order valence-electron chi connectivity index (χ2n) is 17.3. The molecule has 4 aliphatic rings. The van der Waals surface area contributed by atoms with Crippen molar-refractivity contribution in [3.8, 4) is 0 Å². The first-order chi connectivity index (χ1) is 27.0. The van der Waals surface area contributed by atoms with E-state index in [4.69, 9.17) is 14.2 Å². The maximum atomic E-state index is 14.3. The van der Waals surface area contributed by atoms with E-state index in [1.807, 2.05) is 26.0 Å². The first-order valence-electron chi connectivity index (χ1n) is 20.7. The molecule has 14 atom stereocenters. The first kappa shape index (κ1) is 46.3. The highest BCUT2D eigenvalue weighted by atomic mass is 16.6. The highest BCUT2D eigenvalue weighted by Gasteiger charge is 2.56. The highest BCUT2D eigenvalue weighted by Crippen LogP contribution is 2.41. The Labute approximate surface area is 337 Å². The van der Waals surface area contributed by atoms with Crippen LogP contribution in [-0.2, 0) is 43.0 Å². The van der Waals surface area contributed by atoms with Gasteiger partial charge in [-0.05, 0) is 95.5 Å². The number of ketones is 2. The summed E-state index contributed by atoms with van der Waals surface area (Å²) in [5, 5.41) is 34.0. The van der Waals surface area contributed by atoms with Gasteiger partial charge in [0.2, 0.25) is 5.79 Å². The van der Waals surface area contributed by atoms with Crippen molar-refractivity contribution >= 4 is 36.0 Å². The van der Waals surface area contributed by atoms with E-state index in [-0.39, 0.29) is 56.0 Å². The maximum absolute atomic E-state index is 14.3. The van der Waals surface area contributed by atoms with Crippen molar-refractivity contribution in [1.82, 2.24) is 4.90 Å². The summed E-state index contributed by atoms with van der Waals surface area (Å²) in [6.45, 7) is 12.6. The van der Waals surface area contributed by atoms with E-state index in [2.05, 4.69) is 6.58 Å². The number of esters is 1. The molecule has 2 saturated heterocycles. The van der Waals surface area contributed by atoms with E-state index in [0.29, 0.717) is 63.1 Å². The lowest BCUT2D eigenvalue weighted by Crippen LogP contribution is -2.63. The zero-order valence-electron chi connectivity index (χ0n) is 34.5. The Balaban J connectivity index is 1.78. The molecule has 3 aliphatic heterocycles. The van der Waals surface area contributed by atoms with E-state index in [0.717, 1.165) is 10.5 Å². The summed E-state index contributed by atoms with van der Waals surface area (Å²) in [6, 6.07) is -1.21. The van der Waals surface area contributed by atoms with Gasteiger partial charge in [0.15, 0.2) is 0 Å². The van der Waals surface area contributed by atoms with Gasteiger partial charge in [-0.15, -0.1) is 6.58 Å². The van der Waals surface area contributed by atoms with Crippen LogP contribution in [0.15, 0.2) is 36.0 Å². The van der Waals surface area contributed by atoms with Gasteiger partial charge in [-0.25, -0.2) is 4.79 Å². The number of amides is 1. The number of carbonyl (C=O) groups excluding carboxylic acids is 6. The molecule has 3 heterocycles. The molecule has 3 N–H and O–H groups in total. The van der Waals surface area contributed by atoms with Gasteiger partial charge in [0, 0.05) is 49.7 Å². The molecule has 3 fully saturated rings. The number of Topliss-reactive ketones (excluding diaryl/α,β-unsaturated/α-hetero) is 2. The van der Waals surface area contributed by atoms with E-state index >= 15 is 0 Å². The summed E-state index contributed by atoms with van der Waals surface area (Å²) < 4.78 is 17.8. The molecule has 0 aromatic carbocycles. The number of fused-ring (bicyclic) bond motifs is 3. The largest absolute Gasteiger partial charge is 0.456 e. The van der Waals surface area contributed by atoms with E-state index in [1.54, 1.807) is 27.0 Å². The van der Waals surface area contributed by atoms with Crippen LogP contribution in [0.4, 0.5) is 0 Å². The molecule has 13 nitrogen and oxygen atoms in total. The number of rotatable bonds is 7. The molecule has 4 rings (SSSR count). The van der Waals surface area contributed by atoms with E-state index in [1.165, 1.54) is 6.92 Å². The number of aliphatic hydroxyl groups is 3. The van der Waals surface area contributed by atoms with Gasteiger partial charge in [-0.2, -0.15) is 0 Å². The quantitative estimate of drug-likeness (QED) is 0.144. The highest BCUT2D eigenvalue weighted by molar-refractivity contribution is 6.39. The number of allylic oxidation sites excluding steroid dienone is 4. The average Bonchev–Trinajstić information content (AvgIpc) is 3.18. The Bertz CT molecular complexity index is 1540. The second kappa shape index (κ2) is 20.6. The lowest BCUT2D eigenvalue weighted by Gasteiger charge is -2.45. The van der Waals surface area contributed by atoms with Crippen molar-refractivity contribution in [3.05, 3.63) is 36.0 Å². The second-order valence-corrected chi connectivity index (χ2v) is 17.3. The standard InChI is InChI=1S/C44H65NO12/c1-8-11-31-17-25(2)16-26(3)18-32(23-46)40-33(24-47)20-28(5)44(54,57-40)41(51)42(52)45-15-10-9-12-34(45)43(53)56-39(29(6)36(49)22-37(31)50)27(4)19-30-13-14-35(48)38(21-30)55-7/h8,17,19,23-24,26,28-36,38-40,48-49,54H,1,9-16,18,20-22H2,2-7H3/b25-17+,27-19+/t26-,28+,29+,30-,31+,32+,33+,34-,35+,36-,38+,39+,40+,44+/m0/s1. The number of carbonyl (C=O) groups is 6. The van der Waals surface area contributed by atoms with Gasteiger partial charge in [0.05, 0.1) is 24.4 Å². The lowest BCUT2D eigenvalue weighted by atomic mass is 9.75. The predicted molar refractivity (Wildman–Crippen MR) is 210 cm³/mol. The number of aliphatic hydroxyl groups excluding tert-OH is 2. The summed E-state index contributed by atoms with van der Waals surface area (Å²) in [4.78, 5) is 82.4. The number of hydrogen-bond donors (Lipinski definition) is 3. The number of aldehydes is 2. The minimum absolute atomic E-state index is 0.0171. The molecule has 318 valence electrons. The lowest BCUT2D eigenvalue weighted by molar-refractivity contribution is -0.278. The van der Waals surface area contributed by atoms with Crippen LogP contribution in [0, 0.1) is 41.4 Å². The topological polar surface area (TPSA) is 194 Å². The van der Waals surface area contributed by atoms with Gasteiger partial charge >= 0.3 is 5.97 Å². The molecule has 0 unspecified atom stereocenters. The van der Waals surface area contributed by atoms with Gasteiger partial charge in [-0.3, -0.25) is 14.4 Å². The predicted octanol–water partition coefficient (Wildman–Crippen LogP) is 4.24. The molecule has 2 bridgehead atoms. The zero-order chi connectivity index (χ0) is 42.2. The smallest absolute Gasteiger partial charge is 0.329 e. The fraction of sp³-hybridized carbons (Fsp3) is 0.727. The summed E-state index contributed by atoms with van der Waals surface area (Å²) in [5.41, 5.74) is 1.48. The van der Waals surface area contributed by atoms with Crippen molar-refractivity contribution < 1.29 is 58.3 Å². The van der Waals surface area contributed by atoms with Crippen LogP contribution >= 0.6 is 0 Å². The van der Waals surface area contributed by atoms with Crippen molar-refractivity contribution in [2.45, 2.75) is 148 Å². The normalized spacial score (nSPS) is 40.8. The first-order valence-corrected chi connectivity index (χ1v) is 20.7. The molecular weight excluding hydrogens is 734 g/mol. The van der Waals surface area contributed by atoms with Crippen LogP contribution in [0.5, 0.6) is 0 Å². The van der Waals surface area contributed by atoms with Crippen molar-refractivity contribution in [3.63, 3.8) is 0 Å². The number of methoxy groups -OCH3 is 1. The van der Waals surface area contributed by atoms with Crippen molar-refractivity contribution in [2.75, 3.05) is 13.7 Å². The molecule has 1 amide bonds. The number of ether oxygens (including phenoxy) is 3. The third-order valence-corrected chi connectivity index (χ3v) is 12.8. The molecule has 57 heavy (non-hydrogen) atoms. The summed E-state index contributed by atoms with van der Waals surface area (Å²) in [5.74, 6) is -10.4. The molecular formula is C44H65NO12. The number of cyclic esters (lactones) is 1. The molecule has 1 aliphatic carbocycles. The van der Waals surface area contributed by atoms with Crippen molar-refractivity contribution in [1.29, 1.82) is 0 Å². The van der Waals surface area contributed by atoms with Gasteiger partial charge in [0.1, 0.15) is 30.5 Å². The summed E-state index contributed by atoms with van der Waals surface area (Å²) in [6.07, 6.45) is 5.95. The van der Waals surface area contributed by atoms with Crippen molar-refractivity contribution in [2.24, 2.45) is 41.4 Å². The molecule has 0 radical (unpaired) electrons. The third kappa shape index (κ3) is 11.0. The van der Waals surface area contributed by atoms with Crippen LogP contribution in [0.25, 0.3) is 0 Å². The van der Waals surface area contributed by atoms with Gasteiger partial charge in [0.25, 0.3) is 11.7 Å². The maximum Gasteiger partial charge on any atom is 0.329 e. The number of nitrogens with zero attached hydrogens (tertiary/aromatic N) is 1. The zero-order valence-corrected chi connectivity index (χ0v) is 34.5. The van der Waals surface area contributed by atoms with Crippen LogP contribution in [0.2, 0.25) is 0 Å². The molecule has 0 aromatic rings. The Morgan fingerprint density at radius 2 is 1.67 bits per heavy atom. The Kier molecular flexibility index (Phi) is 16.7. The minimum Gasteiger partial charge on any atom is -0.456 e. The minimum atomic E-state index is -2.67. The Morgan fingerprint density at radius 1 is 0.982 bits per heavy atom. The molecule has 1 saturated carbocycles. The van der Waals surface area contributed by atoms with Gasteiger partial charge in [-0.1, -0.05) is 44.6 Å². The van der Waals surface area contributed by atoms with Crippen LogP contribution < -0.4 is 0 Å². The Hall–Kier alpha value is -3.36. The molecule has 0 spiro atoms. The number of hydrogen-bond acceptors (Lipinski definition) is 12. The van der Waals surface area contributed by atoms with Crippen LogP contribution in [0.3, 0.4) is 0 Å². The fourth-order valence-electron chi connectivity index (χ4n) is 9.46. The average molecular weight is 800 g/mol. The monoisotopic (exact) mass is 799 g/mol. The summed E-state index contributed by atoms with van der Waals surface area (Å²) in [7, 11) is 1.54. The third-order valence-electron chi connectivity index (χ3n) is 12.8. The Morgan fingerprint density at radius 3 is 2.32 bits per heavy atom. The van der Waals surface area contributed by atoms with E-state index < -0.39 is 83.5 Å². The molecule has 13 heteroatoms. The fourth-order valence-corrected chi connectivity index (χ4v) is 9.46. The van der Waals surface area contributed by atoms with E-state index in [9.17, 15) is 44.1 Å². The number of piperidine rings is 1. The van der Waals surface area contributed by atoms with Crippen LogP contribution in [0.1, 0.15) is 105 Å². The SMILES string of the molecule is C=CC[C@@H]1/C=C(\C)C[C@H](C)C[C@H](C=O)[C@H]2O[C@@](O)(C(=O)C(=O)N3CCCC[C@H]3C(=O)O[C@H](/C(C)=C/[C@@H]3CC[C@@H](O)[C@H](OC)C3)[C@H](C)[C@@H](O)CC1=O)[C@H](C)C[C@@H]2C=O. The van der Waals surface area contributed by atoms with Crippen LogP contribution in [-0.4, -0.2) is 112 Å². The summed E-state index contributed by atoms with van der Waals surface area (Å²) >= 11 is 0. The van der Waals surface area contributed by atoms with Gasteiger partial charge < -0.3 is 44.0 Å². The molecule has 0 aromatic heterocycles.